The van der Waals surface area contributed by atoms with Crippen LogP contribution in [0.15, 0.2) is 65.1 Å². The molecule has 0 aliphatic carbocycles. The van der Waals surface area contributed by atoms with E-state index < -0.39 is 0 Å². The second kappa shape index (κ2) is 10.3. The van der Waals surface area contributed by atoms with E-state index in [1.165, 1.54) is 19.6 Å². The van der Waals surface area contributed by atoms with Crippen LogP contribution in [0.3, 0.4) is 0 Å². The summed E-state index contributed by atoms with van der Waals surface area (Å²) in [5.41, 5.74) is 3.04. The molecular formula is C25H25BrO3. The van der Waals surface area contributed by atoms with Crippen LogP contribution in [0.25, 0.3) is 28.0 Å². The molecule has 0 spiro atoms. The maximum Gasteiger partial charge on any atom is 0.330 e. The summed E-state index contributed by atoms with van der Waals surface area (Å²) in [5.74, 6) is 0.524. The van der Waals surface area contributed by atoms with Crippen LogP contribution in [0.5, 0.6) is 5.75 Å². The van der Waals surface area contributed by atoms with Gasteiger partial charge in [-0.1, -0.05) is 62.2 Å². The van der Waals surface area contributed by atoms with Crippen molar-refractivity contribution in [1.82, 2.24) is 0 Å². The van der Waals surface area contributed by atoms with Crippen molar-refractivity contribution in [2.24, 2.45) is 0 Å². The van der Waals surface area contributed by atoms with Gasteiger partial charge in [0.2, 0.25) is 0 Å². The van der Waals surface area contributed by atoms with Gasteiger partial charge in [0.15, 0.2) is 0 Å². The third kappa shape index (κ3) is 5.27. The zero-order valence-electron chi connectivity index (χ0n) is 16.8. The third-order valence-corrected chi connectivity index (χ3v) is 5.61. The Morgan fingerprint density at radius 2 is 1.83 bits per heavy atom. The largest absolute Gasteiger partial charge is 0.493 e. The number of fused-ring (bicyclic) bond motifs is 1. The van der Waals surface area contributed by atoms with Gasteiger partial charge in [-0.05, 0) is 51.7 Å². The number of hydrogen-bond donors (Lipinski definition) is 0. The minimum atomic E-state index is -0.370. The van der Waals surface area contributed by atoms with Gasteiger partial charge in [-0.15, -0.1) is 0 Å². The molecule has 0 N–H and O–H groups in total. The highest BCUT2D eigenvalue weighted by Crippen LogP contribution is 2.40. The maximum atomic E-state index is 11.4. The van der Waals surface area contributed by atoms with Gasteiger partial charge in [0.1, 0.15) is 5.75 Å². The van der Waals surface area contributed by atoms with Crippen molar-refractivity contribution in [1.29, 1.82) is 0 Å². The lowest BCUT2D eigenvalue weighted by molar-refractivity contribution is -0.134. The number of rotatable bonds is 8. The zero-order chi connectivity index (χ0) is 20.6. The van der Waals surface area contributed by atoms with Crippen molar-refractivity contribution in [2.45, 2.75) is 26.2 Å². The van der Waals surface area contributed by atoms with Crippen molar-refractivity contribution in [3.8, 4) is 16.9 Å². The Balaban J connectivity index is 2.02. The van der Waals surface area contributed by atoms with Gasteiger partial charge in [0, 0.05) is 26.9 Å². The number of methoxy groups -OCH3 is 1. The Hall–Kier alpha value is -2.59. The zero-order valence-corrected chi connectivity index (χ0v) is 18.4. The average molecular weight is 453 g/mol. The molecule has 29 heavy (non-hydrogen) atoms. The number of carbonyl (C=O) groups is 1. The Morgan fingerprint density at radius 3 is 2.59 bits per heavy atom. The molecule has 0 radical (unpaired) electrons. The molecule has 0 bridgehead atoms. The molecule has 3 rings (SSSR count). The number of ether oxygens (including phenoxy) is 2. The summed E-state index contributed by atoms with van der Waals surface area (Å²) in [6.45, 7) is 2.90. The predicted octanol–water partition coefficient (Wildman–Crippen LogP) is 7.02. The fourth-order valence-corrected chi connectivity index (χ4v) is 3.90. The van der Waals surface area contributed by atoms with Gasteiger partial charge in [-0.25, -0.2) is 4.79 Å². The molecule has 0 fully saturated rings. The Bertz CT molecular complexity index is 1020. The van der Waals surface area contributed by atoms with Gasteiger partial charge in [0.25, 0.3) is 0 Å². The van der Waals surface area contributed by atoms with Gasteiger partial charge < -0.3 is 9.47 Å². The molecule has 0 aliphatic heterocycles. The topological polar surface area (TPSA) is 35.5 Å². The number of esters is 1. The highest BCUT2D eigenvalue weighted by molar-refractivity contribution is 9.10. The molecular weight excluding hydrogens is 428 g/mol. The van der Waals surface area contributed by atoms with E-state index >= 15 is 0 Å². The minimum Gasteiger partial charge on any atom is -0.493 e. The molecule has 3 nitrogen and oxygen atoms in total. The molecule has 150 valence electrons. The number of benzene rings is 3. The summed E-state index contributed by atoms with van der Waals surface area (Å²) < 4.78 is 11.9. The van der Waals surface area contributed by atoms with Crippen LogP contribution in [-0.2, 0) is 9.53 Å². The molecule has 3 aromatic carbocycles. The molecule has 0 unspecified atom stereocenters. The van der Waals surface area contributed by atoms with Crippen LogP contribution in [-0.4, -0.2) is 19.7 Å². The number of carbonyl (C=O) groups excluding carboxylic acids is 1. The standard InChI is InChI=1S/C25H25BrO3/c1-3-4-7-15-29-23-17-22(25(26)21-12-6-5-11-20(21)23)19-10-8-9-18(16-19)13-14-24(27)28-2/h5-6,8-14,16-17H,3-4,7,15H2,1-2H3/b14-13+. The average Bonchev–Trinajstić information content (AvgIpc) is 2.76. The van der Waals surface area contributed by atoms with E-state index in [9.17, 15) is 4.79 Å². The minimum absolute atomic E-state index is 0.370. The highest BCUT2D eigenvalue weighted by atomic mass is 79.9. The van der Waals surface area contributed by atoms with Crippen molar-refractivity contribution in [3.05, 3.63) is 70.7 Å². The summed E-state index contributed by atoms with van der Waals surface area (Å²) in [5, 5.41) is 2.22. The molecule has 0 heterocycles. The fraction of sp³-hybridized carbons (Fsp3) is 0.240. The number of hydrogen-bond acceptors (Lipinski definition) is 3. The quantitative estimate of drug-likeness (QED) is 0.209. The summed E-state index contributed by atoms with van der Waals surface area (Å²) in [7, 11) is 1.37. The second-order valence-electron chi connectivity index (χ2n) is 6.82. The van der Waals surface area contributed by atoms with Gasteiger partial charge in [-0.3, -0.25) is 0 Å². The molecule has 0 aromatic heterocycles. The molecule has 0 amide bonds. The summed E-state index contributed by atoms with van der Waals surface area (Å²) in [4.78, 5) is 11.4. The van der Waals surface area contributed by atoms with Crippen LogP contribution >= 0.6 is 15.9 Å². The fourth-order valence-electron chi connectivity index (χ4n) is 3.21. The van der Waals surface area contributed by atoms with Crippen LogP contribution in [0.4, 0.5) is 0 Å². The first-order valence-electron chi connectivity index (χ1n) is 9.84. The van der Waals surface area contributed by atoms with Crippen LogP contribution < -0.4 is 4.74 Å². The Morgan fingerprint density at radius 1 is 1.03 bits per heavy atom. The van der Waals surface area contributed by atoms with E-state index in [1.807, 2.05) is 24.3 Å². The lowest BCUT2D eigenvalue weighted by Gasteiger charge is -2.15. The first kappa shape index (κ1) is 21.1. The number of halogens is 1. The lowest BCUT2D eigenvalue weighted by Crippen LogP contribution is -1.98. The summed E-state index contributed by atoms with van der Waals surface area (Å²) in [6, 6.07) is 18.4. The molecule has 0 atom stereocenters. The maximum absolute atomic E-state index is 11.4. The van der Waals surface area contributed by atoms with Crippen molar-refractivity contribution in [3.63, 3.8) is 0 Å². The third-order valence-electron chi connectivity index (χ3n) is 4.76. The molecule has 0 saturated carbocycles. The highest BCUT2D eigenvalue weighted by Gasteiger charge is 2.13. The van der Waals surface area contributed by atoms with E-state index in [-0.39, 0.29) is 5.97 Å². The summed E-state index contributed by atoms with van der Waals surface area (Å²) >= 11 is 3.80. The van der Waals surface area contributed by atoms with E-state index in [2.05, 4.69) is 57.9 Å². The summed E-state index contributed by atoms with van der Waals surface area (Å²) in [6.07, 6.45) is 6.56. The van der Waals surface area contributed by atoms with Gasteiger partial charge in [0.05, 0.1) is 13.7 Å². The molecule has 0 saturated heterocycles. The smallest absolute Gasteiger partial charge is 0.330 e. The predicted molar refractivity (Wildman–Crippen MR) is 123 cm³/mol. The van der Waals surface area contributed by atoms with Crippen molar-refractivity contribution >= 4 is 38.7 Å². The van der Waals surface area contributed by atoms with Gasteiger partial charge >= 0.3 is 5.97 Å². The monoisotopic (exact) mass is 452 g/mol. The van der Waals surface area contributed by atoms with E-state index in [4.69, 9.17) is 4.74 Å². The Labute approximate surface area is 180 Å². The van der Waals surface area contributed by atoms with E-state index in [1.54, 1.807) is 6.08 Å². The van der Waals surface area contributed by atoms with Crippen LogP contribution in [0.2, 0.25) is 0 Å². The Kier molecular flexibility index (Phi) is 7.48. The molecule has 3 aromatic rings. The second-order valence-corrected chi connectivity index (χ2v) is 7.61. The number of unbranched alkanes of at least 4 members (excludes halogenated alkanes) is 2. The van der Waals surface area contributed by atoms with E-state index in [0.29, 0.717) is 6.61 Å². The lowest BCUT2D eigenvalue weighted by atomic mass is 9.98. The first-order chi connectivity index (χ1) is 14.1. The van der Waals surface area contributed by atoms with E-state index in [0.717, 1.165) is 50.5 Å². The SMILES string of the molecule is CCCCCOc1cc(-c2cccc(/C=C/C(=O)OC)c2)c(Br)c2ccccc12. The first-order valence-corrected chi connectivity index (χ1v) is 10.6. The van der Waals surface area contributed by atoms with Gasteiger partial charge in [-0.2, -0.15) is 0 Å². The van der Waals surface area contributed by atoms with Crippen molar-refractivity contribution < 1.29 is 14.3 Å². The van der Waals surface area contributed by atoms with Crippen LogP contribution in [0, 0.1) is 0 Å². The molecule has 0 aliphatic rings. The molecule has 4 heteroatoms. The van der Waals surface area contributed by atoms with Crippen molar-refractivity contribution in [2.75, 3.05) is 13.7 Å². The normalized spacial score (nSPS) is 11.1. The van der Waals surface area contributed by atoms with Crippen LogP contribution in [0.1, 0.15) is 31.7 Å².